The van der Waals surface area contributed by atoms with E-state index in [4.69, 9.17) is 11.6 Å². The van der Waals surface area contributed by atoms with Crippen molar-refractivity contribution in [2.24, 2.45) is 0 Å². The van der Waals surface area contributed by atoms with E-state index in [0.29, 0.717) is 6.92 Å². The van der Waals surface area contributed by atoms with Crippen LogP contribution in [0.25, 0.3) is 0 Å². The molecule has 130 valence electrons. The Hall–Kier alpha value is -0.970. The van der Waals surface area contributed by atoms with Crippen LogP contribution in [0, 0.1) is 0 Å². The summed E-state index contributed by atoms with van der Waals surface area (Å²) in [5.74, 6) is -1.73. The molecule has 1 aromatic carbocycles. The van der Waals surface area contributed by atoms with E-state index in [0.717, 1.165) is 30.2 Å². The van der Waals surface area contributed by atoms with Gasteiger partial charge in [0.25, 0.3) is 5.91 Å². The number of aliphatic hydroxyl groups is 1. The lowest BCUT2D eigenvalue weighted by molar-refractivity contribution is -0.242. The summed E-state index contributed by atoms with van der Waals surface area (Å²) in [4.78, 5) is 11.6. The van der Waals surface area contributed by atoms with Crippen molar-refractivity contribution in [3.05, 3.63) is 17.2 Å². The number of benzene rings is 1. The minimum absolute atomic E-state index is 0.0821. The van der Waals surface area contributed by atoms with Crippen LogP contribution in [-0.2, 0) is 14.6 Å². The number of carbonyl (C=O) groups is 1. The van der Waals surface area contributed by atoms with Crippen molar-refractivity contribution in [2.75, 3.05) is 17.8 Å². The standard InChI is InChI=1S/C12H13ClF3NO4S2/c1-11(19,12(14,15)16)10(18)17-6-4-5-7(23(3,20)21)9(22-2)8(6)13/h4-5,19H,1-3H3,(H,17,18). The van der Waals surface area contributed by atoms with Crippen LogP contribution in [0.4, 0.5) is 18.9 Å². The molecule has 1 atom stereocenters. The molecule has 0 bridgehead atoms. The van der Waals surface area contributed by atoms with Crippen LogP contribution >= 0.6 is 23.4 Å². The highest BCUT2D eigenvalue weighted by Crippen LogP contribution is 2.38. The van der Waals surface area contributed by atoms with Gasteiger partial charge in [-0.25, -0.2) is 8.42 Å². The van der Waals surface area contributed by atoms with Gasteiger partial charge < -0.3 is 10.4 Å². The molecular formula is C12H13ClF3NO4S2. The van der Waals surface area contributed by atoms with Gasteiger partial charge in [0.05, 0.1) is 15.6 Å². The summed E-state index contributed by atoms with van der Waals surface area (Å²) in [6.07, 6.45) is -2.71. The molecule has 1 amide bonds. The smallest absolute Gasteiger partial charge is 0.373 e. The van der Waals surface area contributed by atoms with E-state index in [1.54, 1.807) is 0 Å². The molecule has 2 N–H and O–H groups in total. The Kier molecular flexibility index (Phi) is 5.67. The topological polar surface area (TPSA) is 83.5 Å². The third-order valence-corrected chi connectivity index (χ3v) is 5.51. The highest BCUT2D eigenvalue weighted by Gasteiger charge is 2.55. The molecule has 5 nitrogen and oxygen atoms in total. The zero-order valence-corrected chi connectivity index (χ0v) is 14.5. The number of carbonyl (C=O) groups excluding carboxylic acids is 1. The SMILES string of the molecule is CSc1c(S(C)(=O)=O)ccc(NC(=O)C(C)(O)C(F)(F)F)c1Cl. The van der Waals surface area contributed by atoms with E-state index in [-0.39, 0.29) is 20.5 Å². The molecule has 0 fully saturated rings. The van der Waals surface area contributed by atoms with Crippen LogP contribution < -0.4 is 5.32 Å². The molecule has 23 heavy (non-hydrogen) atoms. The number of hydrogen-bond acceptors (Lipinski definition) is 5. The Morgan fingerprint density at radius 3 is 2.26 bits per heavy atom. The van der Waals surface area contributed by atoms with E-state index in [1.165, 1.54) is 6.26 Å². The molecular weight excluding hydrogens is 379 g/mol. The molecule has 0 aliphatic heterocycles. The lowest BCUT2D eigenvalue weighted by atomic mass is 10.1. The quantitative estimate of drug-likeness (QED) is 0.771. The van der Waals surface area contributed by atoms with Crippen LogP contribution in [-0.4, -0.2) is 43.7 Å². The molecule has 1 rings (SSSR count). The number of alkyl halides is 3. The Balaban J connectivity index is 3.30. The van der Waals surface area contributed by atoms with Crippen molar-refractivity contribution in [1.82, 2.24) is 0 Å². The van der Waals surface area contributed by atoms with Crippen molar-refractivity contribution in [3.63, 3.8) is 0 Å². The van der Waals surface area contributed by atoms with Crippen molar-refractivity contribution in [1.29, 1.82) is 0 Å². The van der Waals surface area contributed by atoms with Crippen LogP contribution in [0.5, 0.6) is 0 Å². The maximum Gasteiger partial charge on any atom is 0.426 e. The Labute approximate surface area is 140 Å². The van der Waals surface area contributed by atoms with Gasteiger partial charge in [0.2, 0.25) is 5.60 Å². The summed E-state index contributed by atoms with van der Waals surface area (Å²) in [7, 11) is -3.61. The summed E-state index contributed by atoms with van der Waals surface area (Å²) < 4.78 is 61.2. The molecule has 0 saturated carbocycles. The number of nitrogens with one attached hydrogen (secondary N) is 1. The van der Waals surface area contributed by atoms with Gasteiger partial charge in [-0.15, -0.1) is 11.8 Å². The second-order valence-electron chi connectivity index (χ2n) is 4.75. The fraction of sp³-hybridized carbons (Fsp3) is 0.417. The van der Waals surface area contributed by atoms with Crippen molar-refractivity contribution < 1.29 is 31.5 Å². The number of anilines is 1. The van der Waals surface area contributed by atoms with Gasteiger partial charge in [0, 0.05) is 11.2 Å². The highest BCUT2D eigenvalue weighted by atomic mass is 35.5. The number of hydrogen-bond donors (Lipinski definition) is 2. The first-order valence-corrected chi connectivity index (χ1v) is 9.40. The van der Waals surface area contributed by atoms with E-state index in [1.807, 2.05) is 5.32 Å². The number of sulfone groups is 1. The monoisotopic (exact) mass is 391 g/mol. The van der Waals surface area contributed by atoms with Crippen LogP contribution in [0.15, 0.2) is 21.9 Å². The Morgan fingerprint density at radius 1 is 1.35 bits per heavy atom. The number of amides is 1. The average molecular weight is 392 g/mol. The highest BCUT2D eigenvalue weighted by molar-refractivity contribution is 7.99. The zero-order chi connectivity index (χ0) is 18.2. The molecule has 0 heterocycles. The first kappa shape index (κ1) is 20.1. The second-order valence-corrected chi connectivity index (χ2v) is 7.93. The van der Waals surface area contributed by atoms with Gasteiger partial charge in [-0.2, -0.15) is 13.2 Å². The normalized spacial score (nSPS) is 15.1. The van der Waals surface area contributed by atoms with Crippen molar-refractivity contribution in [2.45, 2.75) is 28.5 Å². The molecule has 0 aromatic heterocycles. The minimum Gasteiger partial charge on any atom is -0.373 e. The summed E-state index contributed by atoms with van der Waals surface area (Å²) >= 11 is 6.92. The van der Waals surface area contributed by atoms with Crippen molar-refractivity contribution in [3.8, 4) is 0 Å². The van der Waals surface area contributed by atoms with Crippen LogP contribution in [0.3, 0.4) is 0 Å². The first-order chi connectivity index (χ1) is 10.2. The third-order valence-electron chi connectivity index (χ3n) is 2.91. The van der Waals surface area contributed by atoms with Gasteiger partial charge in [0.15, 0.2) is 9.84 Å². The first-order valence-electron chi connectivity index (χ1n) is 5.90. The summed E-state index contributed by atoms with van der Waals surface area (Å²) in [5.41, 5.74) is -3.86. The predicted octanol–water partition coefficient (Wildman–Crippen LogP) is 2.72. The summed E-state index contributed by atoms with van der Waals surface area (Å²) in [6.45, 7) is 0.302. The van der Waals surface area contributed by atoms with E-state index in [2.05, 4.69) is 0 Å². The second kappa shape index (κ2) is 6.50. The molecule has 0 aliphatic carbocycles. The van der Waals surface area contributed by atoms with Gasteiger partial charge >= 0.3 is 6.18 Å². The molecule has 11 heteroatoms. The number of rotatable bonds is 4. The lowest BCUT2D eigenvalue weighted by Gasteiger charge is -2.25. The van der Waals surface area contributed by atoms with Gasteiger partial charge in [-0.05, 0) is 25.3 Å². The fourth-order valence-electron chi connectivity index (χ4n) is 1.49. The molecule has 1 unspecified atom stereocenters. The van der Waals surface area contributed by atoms with E-state index in [9.17, 15) is 31.5 Å². The molecule has 0 saturated heterocycles. The maximum absolute atomic E-state index is 12.6. The average Bonchev–Trinajstić information content (AvgIpc) is 2.37. The maximum atomic E-state index is 12.6. The Bertz CT molecular complexity index is 733. The van der Waals surface area contributed by atoms with Gasteiger partial charge in [-0.3, -0.25) is 4.79 Å². The van der Waals surface area contributed by atoms with Crippen LogP contribution in [0.1, 0.15) is 6.92 Å². The predicted molar refractivity (Wildman–Crippen MR) is 81.7 cm³/mol. The van der Waals surface area contributed by atoms with E-state index >= 15 is 0 Å². The number of thioether (sulfide) groups is 1. The lowest BCUT2D eigenvalue weighted by Crippen LogP contribution is -2.52. The van der Waals surface area contributed by atoms with Gasteiger partial charge in [-0.1, -0.05) is 11.6 Å². The molecule has 1 aromatic rings. The van der Waals surface area contributed by atoms with Crippen LogP contribution in [0.2, 0.25) is 5.02 Å². The number of halogens is 4. The largest absolute Gasteiger partial charge is 0.426 e. The van der Waals surface area contributed by atoms with Gasteiger partial charge in [0.1, 0.15) is 0 Å². The molecule has 0 aliphatic rings. The molecule has 0 radical (unpaired) electrons. The summed E-state index contributed by atoms with van der Waals surface area (Å²) in [6, 6.07) is 2.17. The van der Waals surface area contributed by atoms with Crippen molar-refractivity contribution >= 4 is 44.8 Å². The zero-order valence-electron chi connectivity index (χ0n) is 12.2. The fourth-order valence-corrected chi connectivity index (χ4v) is 4.01. The molecule has 0 spiro atoms. The summed E-state index contributed by atoms with van der Waals surface area (Å²) in [5, 5.41) is 10.9. The minimum atomic E-state index is -5.18. The van der Waals surface area contributed by atoms with E-state index < -0.39 is 27.5 Å². The third kappa shape index (κ3) is 4.11. The Morgan fingerprint density at radius 2 is 1.87 bits per heavy atom.